The van der Waals surface area contributed by atoms with Gasteiger partial charge in [-0.05, 0) is 44.4 Å². The van der Waals surface area contributed by atoms with Gasteiger partial charge in [-0.15, -0.1) is 0 Å². The summed E-state index contributed by atoms with van der Waals surface area (Å²) in [6.07, 6.45) is 6.46. The van der Waals surface area contributed by atoms with Crippen molar-refractivity contribution in [1.29, 1.82) is 0 Å². The second-order valence-corrected chi connectivity index (χ2v) is 9.84. The number of likely N-dealkylation sites (tertiary alicyclic amines) is 1. The average molecular weight is 449 g/mol. The fourth-order valence-corrected chi connectivity index (χ4v) is 5.19. The first-order chi connectivity index (χ1) is 14.8. The van der Waals surface area contributed by atoms with E-state index in [1.165, 1.54) is 6.26 Å². The van der Waals surface area contributed by atoms with Crippen molar-refractivity contribution >= 4 is 15.9 Å². The standard InChI is InChI=1S/C22H32N4O4S/c1-4-30-21-7-5-19(6-8-21)17-22(27)25-12-9-20(10-13-25)26(31(3,28)29)16-15-24-14-11-23-18(24)2/h5-8,11,14,20H,4,9-10,12-13,15-17H2,1-3H3. The minimum Gasteiger partial charge on any atom is -0.494 e. The molecular weight excluding hydrogens is 416 g/mol. The van der Waals surface area contributed by atoms with Gasteiger partial charge in [0.1, 0.15) is 11.6 Å². The summed E-state index contributed by atoms with van der Waals surface area (Å²) in [7, 11) is -3.34. The molecule has 0 atom stereocenters. The molecule has 2 heterocycles. The number of aromatic nitrogens is 2. The minimum atomic E-state index is -3.34. The Labute approximate surface area is 184 Å². The molecule has 1 aromatic heterocycles. The molecule has 3 rings (SSSR count). The Balaban J connectivity index is 1.54. The molecule has 1 fully saturated rings. The fraction of sp³-hybridized carbons (Fsp3) is 0.545. The maximum absolute atomic E-state index is 12.7. The second-order valence-electron chi connectivity index (χ2n) is 7.91. The summed E-state index contributed by atoms with van der Waals surface area (Å²) < 4.78 is 33.8. The van der Waals surface area contributed by atoms with E-state index in [2.05, 4.69) is 4.98 Å². The van der Waals surface area contributed by atoms with Crippen LogP contribution in [-0.2, 0) is 27.8 Å². The lowest BCUT2D eigenvalue weighted by Crippen LogP contribution is -2.49. The van der Waals surface area contributed by atoms with Crippen molar-refractivity contribution in [2.24, 2.45) is 0 Å². The van der Waals surface area contributed by atoms with Gasteiger partial charge in [0.2, 0.25) is 15.9 Å². The van der Waals surface area contributed by atoms with Crippen LogP contribution in [0.5, 0.6) is 5.75 Å². The van der Waals surface area contributed by atoms with Crippen LogP contribution in [-0.4, -0.2) is 71.6 Å². The van der Waals surface area contributed by atoms with Crippen molar-refractivity contribution in [3.8, 4) is 5.75 Å². The molecule has 0 spiro atoms. The Morgan fingerprint density at radius 2 is 1.90 bits per heavy atom. The summed E-state index contributed by atoms with van der Waals surface area (Å²) in [5.74, 6) is 1.73. The lowest BCUT2D eigenvalue weighted by molar-refractivity contribution is -0.131. The summed E-state index contributed by atoms with van der Waals surface area (Å²) in [5.41, 5.74) is 0.948. The van der Waals surface area contributed by atoms with Gasteiger partial charge in [-0.2, -0.15) is 4.31 Å². The largest absolute Gasteiger partial charge is 0.494 e. The predicted octanol–water partition coefficient (Wildman–Crippen LogP) is 2.09. The van der Waals surface area contributed by atoms with Gasteiger partial charge in [0.05, 0.1) is 19.3 Å². The highest BCUT2D eigenvalue weighted by atomic mass is 32.2. The Bertz CT molecular complexity index is 964. The topological polar surface area (TPSA) is 84.7 Å². The zero-order valence-electron chi connectivity index (χ0n) is 18.5. The van der Waals surface area contributed by atoms with E-state index >= 15 is 0 Å². The Kier molecular flexibility index (Phi) is 7.72. The molecule has 0 radical (unpaired) electrons. The zero-order valence-corrected chi connectivity index (χ0v) is 19.3. The average Bonchev–Trinajstić information content (AvgIpc) is 3.14. The Morgan fingerprint density at radius 1 is 1.23 bits per heavy atom. The number of rotatable bonds is 9. The highest BCUT2D eigenvalue weighted by molar-refractivity contribution is 7.88. The van der Waals surface area contributed by atoms with Crippen LogP contribution in [0.25, 0.3) is 0 Å². The number of hydrogen-bond donors (Lipinski definition) is 0. The molecule has 1 aliphatic rings. The molecule has 1 saturated heterocycles. The first-order valence-corrected chi connectivity index (χ1v) is 12.6. The third-order valence-electron chi connectivity index (χ3n) is 5.73. The molecule has 0 aliphatic carbocycles. The molecule has 31 heavy (non-hydrogen) atoms. The molecule has 8 nitrogen and oxygen atoms in total. The molecule has 170 valence electrons. The van der Waals surface area contributed by atoms with E-state index in [0.29, 0.717) is 52.0 Å². The summed E-state index contributed by atoms with van der Waals surface area (Å²) in [5, 5.41) is 0. The number of piperidine rings is 1. The minimum absolute atomic E-state index is 0.0718. The SMILES string of the molecule is CCOc1ccc(CC(=O)N2CCC(N(CCn3ccnc3C)S(C)(=O)=O)CC2)cc1. The van der Waals surface area contributed by atoms with Crippen molar-refractivity contribution < 1.29 is 17.9 Å². The number of amides is 1. The number of nitrogens with zero attached hydrogens (tertiary/aromatic N) is 4. The Hall–Kier alpha value is -2.39. The van der Waals surface area contributed by atoms with E-state index in [9.17, 15) is 13.2 Å². The third kappa shape index (κ3) is 6.30. The molecule has 0 unspecified atom stereocenters. The van der Waals surface area contributed by atoms with E-state index in [1.54, 1.807) is 10.5 Å². The van der Waals surface area contributed by atoms with E-state index < -0.39 is 10.0 Å². The molecule has 0 bridgehead atoms. The maximum Gasteiger partial charge on any atom is 0.226 e. The van der Waals surface area contributed by atoms with Crippen molar-refractivity contribution in [2.45, 2.75) is 45.7 Å². The first-order valence-electron chi connectivity index (χ1n) is 10.7. The molecule has 2 aromatic rings. The number of hydrogen-bond acceptors (Lipinski definition) is 5. The predicted molar refractivity (Wildman–Crippen MR) is 119 cm³/mol. The first kappa shape index (κ1) is 23.3. The third-order valence-corrected chi connectivity index (χ3v) is 7.06. The van der Waals surface area contributed by atoms with Gasteiger partial charge < -0.3 is 14.2 Å². The van der Waals surface area contributed by atoms with Crippen LogP contribution in [0.3, 0.4) is 0 Å². The van der Waals surface area contributed by atoms with Crippen LogP contribution < -0.4 is 4.74 Å². The van der Waals surface area contributed by atoms with Gasteiger partial charge in [0.15, 0.2) is 0 Å². The van der Waals surface area contributed by atoms with Gasteiger partial charge in [0.25, 0.3) is 0 Å². The number of carbonyl (C=O) groups is 1. The summed E-state index contributed by atoms with van der Waals surface area (Å²) in [4.78, 5) is 18.8. The summed E-state index contributed by atoms with van der Waals surface area (Å²) in [6, 6.07) is 7.50. The van der Waals surface area contributed by atoms with E-state index in [4.69, 9.17) is 4.74 Å². The highest BCUT2D eigenvalue weighted by Gasteiger charge is 2.31. The van der Waals surface area contributed by atoms with Crippen LogP contribution in [0.4, 0.5) is 0 Å². The number of benzene rings is 1. The summed E-state index contributed by atoms with van der Waals surface area (Å²) in [6.45, 7) is 6.55. The van der Waals surface area contributed by atoms with Gasteiger partial charge >= 0.3 is 0 Å². The number of sulfonamides is 1. The number of aryl methyl sites for hydroxylation is 1. The number of carbonyl (C=O) groups excluding carboxylic acids is 1. The van der Waals surface area contributed by atoms with Crippen LogP contribution in [0.15, 0.2) is 36.7 Å². The molecule has 9 heteroatoms. The molecule has 1 aliphatic heterocycles. The van der Waals surface area contributed by atoms with E-state index in [1.807, 2.05) is 53.8 Å². The van der Waals surface area contributed by atoms with Crippen molar-refractivity contribution in [3.63, 3.8) is 0 Å². The zero-order chi connectivity index (χ0) is 22.4. The van der Waals surface area contributed by atoms with Gasteiger partial charge in [-0.25, -0.2) is 13.4 Å². The number of imidazole rings is 1. The molecule has 1 aromatic carbocycles. The quantitative estimate of drug-likeness (QED) is 0.586. The second kappa shape index (κ2) is 10.3. The van der Waals surface area contributed by atoms with Gasteiger partial charge in [-0.1, -0.05) is 12.1 Å². The smallest absolute Gasteiger partial charge is 0.226 e. The highest BCUT2D eigenvalue weighted by Crippen LogP contribution is 2.21. The Morgan fingerprint density at radius 3 is 2.45 bits per heavy atom. The lowest BCUT2D eigenvalue weighted by Gasteiger charge is -2.37. The molecule has 0 N–H and O–H groups in total. The van der Waals surface area contributed by atoms with Crippen molar-refractivity contribution in [3.05, 3.63) is 48.0 Å². The van der Waals surface area contributed by atoms with Gasteiger partial charge in [-0.3, -0.25) is 4.79 Å². The molecule has 1 amide bonds. The van der Waals surface area contributed by atoms with Crippen LogP contribution in [0.1, 0.15) is 31.2 Å². The van der Waals surface area contributed by atoms with Gasteiger partial charge in [0, 0.05) is 44.6 Å². The summed E-state index contributed by atoms with van der Waals surface area (Å²) >= 11 is 0. The molecular formula is C22H32N4O4S. The van der Waals surface area contributed by atoms with Crippen molar-refractivity contribution in [2.75, 3.05) is 32.5 Å². The van der Waals surface area contributed by atoms with E-state index in [-0.39, 0.29) is 11.9 Å². The molecule has 0 saturated carbocycles. The lowest BCUT2D eigenvalue weighted by atomic mass is 10.0. The van der Waals surface area contributed by atoms with Crippen LogP contribution in [0, 0.1) is 6.92 Å². The number of ether oxygens (including phenoxy) is 1. The monoisotopic (exact) mass is 448 g/mol. The van der Waals surface area contributed by atoms with Crippen molar-refractivity contribution in [1.82, 2.24) is 18.8 Å². The fourth-order valence-electron chi connectivity index (χ4n) is 4.03. The van der Waals surface area contributed by atoms with Crippen LogP contribution in [0.2, 0.25) is 0 Å². The normalized spacial score (nSPS) is 15.4. The maximum atomic E-state index is 12.7. The van der Waals surface area contributed by atoms with E-state index in [0.717, 1.165) is 17.1 Å². The van der Waals surface area contributed by atoms with Crippen LogP contribution >= 0.6 is 0 Å².